The van der Waals surface area contributed by atoms with Gasteiger partial charge in [-0.2, -0.15) is 10.5 Å². The molecular formula is C27H21ClN4O3. The van der Waals surface area contributed by atoms with Gasteiger partial charge >= 0.3 is 0 Å². The lowest BCUT2D eigenvalue weighted by Crippen LogP contribution is -2.50. The molecule has 1 aliphatic carbocycles. The maximum absolute atomic E-state index is 13.6. The zero-order valence-electron chi connectivity index (χ0n) is 19.0. The summed E-state index contributed by atoms with van der Waals surface area (Å²) >= 11 is 6.21. The smallest absolute Gasteiger partial charge is 0.227 e. The molecule has 1 N–H and O–H groups in total. The highest BCUT2D eigenvalue weighted by molar-refractivity contribution is 6.30. The van der Waals surface area contributed by atoms with Gasteiger partial charge in [0, 0.05) is 32.3 Å². The molecule has 8 heteroatoms. The van der Waals surface area contributed by atoms with Crippen molar-refractivity contribution >= 4 is 17.5 Å². The van der Waals surface area contributed by atoms with Crippen molar-refractivity contribution in [2.24, 2.45) is 11.8 Å². The number of pyridine rings is 1. The van der Waals surface area contributed by atoms with Crippen molar-refractivity contribution in [2.45, 2.75) is 17.1 Å². The summed E-state index contributed by atoms with van der Waals surface area (Å²) in [6, 6.07) is 21.8. The van der Waals surface area contributed by atoms with E-state index in [9.17, 15) is 20.4 Å². The molecule has 0 radical (unpaired) electrons. The maximum atomic E-state index is 13.6. The molecule has 0 spiro atoms. The van der Waals surface area contributed by atoms with E-state index in [1.807, 2.05) is 30.3 Å². The fraction of sp³-hybridized carbons (Fsp3) is 0.259. The molecular weight excluding hydrogens is 464 g/mol. The maximum Gasteiger partial charge on any atom is 0.227 e. The minimum absolute atomic E-state index is 0.160. The molecule has 5 rings (SSSR count). The minimum atomic E-state index is -1.98. The Hall–Kier alpha value is -3.91. The molecule has 35 heavy (non-hydrogen) atoms. The third-order valence-electron chi connectivity index (χ3n) is 7.09. The lowest BCUT2D eigenvalue weighted by atomic mass is 9.71. The molecule has 0 bridgehead atoms. The summed E-state index contributed by atoms with van der Waals surface area (Å²) in [4.78, 5) is 19.5. The van der Waals surface area contributed by atoms with E-state index in [1.54, 1.807) is 44.4 Å². The zero-order valence-corrected chi connectivity index (χ0v) is 19.8. The number of ether oxygens (including phenoxy) is 1. The van der Waals surface area contributed by atoms with Crippen LogP contribution >= 0.6 is 11.6 Å². The fourth-order valence-electron chi connectivity index (χ4n) is 5.71. The summed E-state index contributed by atoms with van der Waals surface area (Å²) in [6.45, 7) is 0. The fourth-order valence-corrected chi connectivity index (χ4v) is 5.85. The summed E-state index contributed by atoms with van der Waals surface area (Å²) in [5, 5.41) is 32.7. The van der Waals surface area contributed by atoms with Gasteiger partial charge in [0.15, 0.2) is 11.2 Å². The Bertz CT molecular complexity index is 1400. The van der Waals surface area contributed by atoms with Gasteiger partial charge in [-0.3, -0.25) is 9.78 Å². The van der Waals surface area contributed by atoms with Crippen LogP contribution in [0.3, 0.4) is 0 Å². The normalized spacial score (nSPS) is 28.2. The molecule has 2 aromatic carbocycles. The van der Waals surface area contributed by atoms with Crippen molar-refractivity contribution in [3.8, 4) is 17.9 Å². The third-order valence-corrected chi connectivity index (χ3v) is 7.30. The van der Waals surface area contributed by atoms with E-state index in [1.165, 1.54) is 11.1 Å². The Labute approximate surface area is 207 Å². The predicted molar refractivity (Wildman–Crippen MR) is 127 cm³/mol. The minimum Gasteiger partial charge on any atom is -0.476 e. The van der Waals surface area contributed by atoms with Crippen LogP contribution in [0.25, 0.3) is 0 Å². The average Bonchev–Trinajstić information content (AvgIpc) is 3.25. The van der Waals surface area contributed by atoms with Crippen LogP contribution in [0, 0.1) is 34.5 Å². The number of rotatable bonds is 3. The Morgan fingerprint density at radius 3 is 2.43 bits per heavy atom. The Morgan fingerprint density at radius 2 is 1.83 bits per heavy atom. The first kappa shape index (κ1) is 22.9. The number of benzene rings is 2. The van der Waals surface area contributed by atoms with Crippen molar-refractivity contribution in [3.05, 3.63) is 94.3 Å². The molecule has 174 valence electrons. The number of amides is 1. The summed E-state index contributed by atoms with van der Waals surface area (Å²) < 4.78 is 6.62. The second kappa shape index (κ2) is 8.09. The summed E-state index contributed by atoms with van der Waals surface area (Å²) in [5.74, 6) is -2.94. The number of carbonyl (C=O) groups excluding carboxylic acids is 1. The molecule has 0 saturated heterocycles. The van der Waals surface area contributed by atoms with Gasteiger partial charge in [-0.1, -0.05) is 54.1 Å². The van der Waals surface area contributed by atoms with E-state index in [-0.39, 0.29) is 17.4 Å². The first-order valence-electron chi connectivity index (χ1n) is 11.0. The van der Waals surface area contributed by atoms with Crippen molar-refractivity contribution in [3.63, 3.8) is 0 Å². The van der Waals surface area contributed by atoms with Crippen LogP contribution < -0.4 is 4.74 Å². The van der Waals surface area contributed by atoms with Gasteiger partial charge in [0.25, 0.3) is 0 Å². The van der Waals surface area contributed by atoms with Gasteiger partial charge in [0.2, 0.25) is 5.91 Å². The van der Waals surface area contributed by atoms with Crippen LogP contribution in [-0.2, 0) is 16.0 Å². The predicted octanol–water partition coefficient (Wildman–Crippen LogP) is 3.72. The quantitative estimate of drug-likeness (QED) is 0.606. The zero-order chi connectivity index (χ0) is 25.0. The number of hydrogen-bond donors (Lipinski definition) is 1. The van der Waals surface area contributed by atoms with E-state index in [0.29, 0.717) is 16.1 Å². The van der Waals surface area contributed by atoms with Crippen LogP contribution in [0.1, 0.15) is 28.3 Å². The van der Waals surface area contributed by atoms with E-state index in [4.69, 9.17) is 16.3 Å². The SMILES string of the molecule is CN(C)C(=O)[C@@H]1[C@@H](c2ccccc2)C2(c3ccc(C#N)cc3)Oc3cc(Cl)cnc3[C@]2(O)[C@H]1C#N. The largest absolute Gasteiger partial charge is 0.476 e. The summed E-state index contributed by atoms with van der Waals surface area (Å²) in [7, 11) is 3.25. The van der Waals surface area contributed by atoms with Crippen LogP contribution in [0.5, 0.6) is 5.75 Å². The standard InChI is InChI=1S/C27H21ClN4O3/c1-32(2)25(33)22-20(14-30)26(34)24-21(12-19(28)15-31-24)35-27(26,18-10-8-16(13-29)9-11-18)23(22)17-6-4-3-5-7-17/h3-12,15,20,22-23,34H,1-2H3/t20-,22-,23+,26+,27?/m0/s1. The average molecular weight is 485 g/mol. The Morgan fingerprint density at radius 1 is 1.14 bits per heavy atom. The summed E-state index contributed by atoms with van der Waals surface area (Å²) in [6.07, 6.45) is 1.39. The topological polar surface area (TPSA) is 110 Å². The lowest BCUT2D eigenvalue weighted by molar-refractivity contribution is -0.135. The lowest BCUT2D eigenvalue weighted by Gasteiger charge is -2.40. The highest BCUT2D eigenvalue weighted by Gasteiger charge is 2.78. The number of halogens is 1. The number of carbonyl (C=O) groups is 1. The van der Waals surface area contributed by atoms with Gasteiger partial charge in [0.1, 0.15) is 11.4 Å². The van der Waals surface area contributed by atoms with E-state index in [2.05, 4.69) is 17.1 Å². The number of hydrogen-bond acceptors (Lipinski definition) is 6. The number of nitrogens with zero attached hydrogens (tertiary/aromatic N) is 4. The first-order chi connectivity index (χ1) is 16.8. The van der Waals surface area contributed by atoms with E-state index in [0.717, 1.165) is 5.56 Å². The molecule has 1 amide bonds. The Kier molecular flexibility index (Phi) is 5.29. The van der Waals surface area contributed by atoms with E-state index < -0.39 is 29.0 Å². The van der Waals surface area contributed by atoms with Crippen LogP contribution in [-0.4, -0.2) is 35.0 Å². The molecule has 5 atom stereocenters. The van der Waals surface area contributed by atoms with Crippen molar-refractivity contribution in [1.82, 2.24) is 9.88 Å². The molecule has 1 aliphatic heterocycles. The van der Waals surface area contributed by atoms with Crippen LogP contribution in [0.15, 0.2) is 66.9 Å². The van der Waals surface area contributed by atoms with Crippen LogP contribution in [0.2, 0.25) is 5.02 Å². The number of nitriles is 2. The molecule has 3 aromatic rings. The summed E-state index contributed by atoms with van der Waals surface area (Å²) in [5.41, 5.74) is -1.72. The molecule has 1 unspecified atom stereocenters. The molecule has 2 heterocycles. The van der Waals surface area contributed by atoms with Crippen molar-refractivity contribution in [2.75, 3.05) is 14.1 Å². The molecule has 7 nitrogen and oxygen atoms in total. The molecule has 2 aliphatic rings. The first-order valence-corrected chi connectivity index (χ1v) is 11.4. The van der Waals surface area contributed by atoms with E-state index >= 15 is 0 Å². The van der Waals surface area contributed by atoms with Crippen molar-refractivity contribution in [1.29, 1.82) is 10.5 Å². The Balaban J connectivity index is 1.90. The van der Waals surface area contributed by atoms with Gasteiger partial charge < -0.3 is 14.7 Å². The monoisotopic (exact) mass is 484 g/mol. The number of aromatic nitrogens is 1. The second-order valence-corrected chi connectivity index (χ2v) is 9.48. The van der Waals surface area contributed by atoms with Crippen molar-refractivity contribution < 1.29 is 14.6 Å². The molecule has 1 saturated carbocycles. The molecule has 1 fully saturated rings. The number of fused-ring (bicyclic) bond motifs is 3. The number of aliphatic hydroxyl groups is 1. The third kappa shape index (κ3) is 2.99. The van der Waals surface area contributed by atoms with Gasteiger partial charge in [-0.05, 0) is 23.3 Å². The highest BCUT2D eigenvalue weighted by Crippen LogP contribution is 2.70. The van der Waals surface area contributed by atoms with Gasteiger partial charge in [-0.15, -0.1) is 0 Å². The van der Waals surface area contributed by atoms with Crippen LogP contribution in [0.4, 0.5) is 0 Å². The molecule has 1 aromatic heterocycles. The second-order valence-electron chi connectivity index (χ2n) is 9.05. The highest BCUT2D eigenvalue weighted by atomic mass is 35.5. The van der Waals surface area contributed by atoms with Gasteiger partial charge in [0.05, 0.1) is 34.6 Å². The van der Waals surface area contributed by atoms with Gasteiger partial charge in [-0.25, -0.2) is 0 Å².